The first kappa shape index (κ1) is 15.2. The van der Waals surface area contributed by atoms with Gasteiger partial charge in [0.2, 0.25) is 0 Å². The van der Waals surface area contributed by atoms with Gasteiger partial charge in [-0.05, 0) is 38.4 Å². The van der Waals surface area contributed by atoms with Crippen molar-refractivity contribution in [2.24, 2.45) is 11.1 Å². The molecule has 0 aromatic heterocycles. The number of carboxylic acid groups (broad SMARTS) is 1. The maximum absolute atomic E-state index is 12.1. The van der Waals surface area contributed by atoms with Gasteiger partial charge in [-0.1, -0.05) is 18.2 Å². The second-order valence-electron chi connectivity index (χ2n) is 5.07. The first-order valence-corrected chi connectivity index (χ1v) is 6.18. The molecule has 5 heteroatoms. The van der Waals surface area contributed by atoms with Crippen molar-refractivity contribution in [2.45, 2.75) is 20.3 Å². The highest BCUT2D eigenvalue weighted by molar-refractivity contribution is 5.96. The summed E-state index contributed by atoms with van der Waals surface area (Å²) < 4.78 is 0. The number of carbonyl (C=O) groups is 2. The van der Waals surface area contributed by atoms with Gasteiger partial charge in [-0.3, -0.25) is 9.59 Å². The highest BCUT2D eigenvalue weighted by atomic mass is 16.4. The average Bonchev–Trinajstić information content (AvgIpc) is 2.37. The number of aliphatic carboxylic acids is 1. The molecule has 4 N–H and O–H groups in total. The summed E-state index contributed by atoms with van der Waals surface area (Å²) in [6, 6.07) is 7.19. The lowest BCUT2D eigenvalue weighted by Crippen LogP contribution is -2.39. The Kier molecular flexibility index (Phi) is 5.06. The second-order valence-corrected chi connectivity index (χ2v) is 5.07. The van der Waals surface area contributed by atoms with E-state index in [1.165, 1.54) is 0 Å². The van der Waals surface area contributed by atoms with Crippen LogP contribution in [-0.4, -0.2) is 30.1 Å². The van der Waals surface area contributed by atoms with Crippen LogP contribution in [0.4, 0.5) is 0 Å². The van der Waals surface area contributed by atoms with E-state index < -0.39 is 11.4 Å². The zero-order chi connectivity index (χ0) is 14.5. The Labute approximate surface area is 112 Å². The molecule has 0 heterocycles. The molecule has 0 saturated carbocycles. The molecule has 104 valence electrons. The fraction of sp³-hybridized carbons (Fsp3) is 0.429. The first-order chi connectivity index (χ1) is 8.88. The topological polar surface area (TPSA) is 92.4 Å². The molecule has 1 amide bonds. The number of carboxylic acids is 1. The number of benzene rings is 1. The molecule has 0 unspecified atom stereocenters. The summed E-state index contributed by atoms with van der Waals surface area (Å²) in [5, 5.41) is 11.7. The van der Waals surface area contributed by atoms with Crippen LogP contribution in [0, 0.1) is 5.41 Å². The summed E-state index contributed by atoms with van der Waals surface area (Å²) in [7, 11) is 0. The van der Waals surface area contributed by atoms with E-state index in [1.54, 1.807) is 26.0 Å². The molecule has 0 spiro atoms. The number of hydrogen-bond acceptors (Lipinski definition) is 3. The zero-order valence-corrected chi connectivity index (χ0v) is 11.3. The van der Waals surface area contributed by atoms with Crippen molar-refractivity contribution in [3.63, 3.8) is 0 Å². The van der Waals surface area contributed by atoms with Crippen molar-refractivity contribution in [2.75, 3.05) is 13.1 Å². The normalized spacial score (nSPS) is 11.1. The molecule has 0 fully saturated rings. The number of nitrogens with one attached hydrogen (secondary N) is 1. The van der Waals surface area contributed by atoms with E-state index >= 15 is 0 Å². The van der Waals surface area contributed by atoms with Gasteiger partial charge < -0.3 is 16.2 Å². The second kappa shape index (κ2) is 6.33. The molecule has 19 heavy (non-hydrogen) atoms. The van der Waals surface area contributed by atoms with Gasteiger partial charge in [0.05, 0.1) is 5.41 Å². The molecular weight excluding hydrogens is 244 g/mol. The van der Waals surface area contributed by atoms with E-state index in [1.807, 2.05) is 12.1 Å². The van der Waals surface area contributed by atoms with E-state index in [9.17, 15) is 9.59 Å². The Bertz CT molecular complexity index is 470. The molecular formula is C14H20N2O3. The molecule has 0 radical (unpaired) electrons. The van der Waals surface area contributed by atoms with E-state index in [-0.39, 0.29) is 12.5 Å². The fourth-order valence-corrected chi connectivity index (χ4v) is 1.59. The first-order valence-electron chi connectivity index (χ1n) is 6.18. The summed E-state index contributed by atoms with van der Waals surface area (Å²) in [5.41, 5.74) is 5.94. The number of amides is 1. The Balaban J connectivity index is 2.76. The molecule has 0 saturated heterocycles. The van der Waals surface area contributed by atoms with E-state index in [0.717, 1.165) is 5.56 Å². The van der Waals surface area contributed by atoms with Crippen molar-refractivity contribution in [1.82, 2.24) is 5.32 Å². The van der Waals surface area contributed by atoms with Crippen molar-refractivity contribution < 1.29 is 14.7 Å². The lowest BCUT2D eigenvalue weighted by atomic mass is 9.93. The number of rotatable bonds is 6. The van der Waals surface area contributed by atoms with Crippen molar-refractivity contribution in [3.8, 4) is 0 Å². The van der Waals surface area contributed by atoms with Gasteiger partial charge >= 0.3 is 5.97 Å². The maximum Gasteiger partial charge on any atom is 0.310 e. The number of hydrogen-bond donors (Lipinski definition) is 3. The van der Waals surface area contributed by atoms with Gasteiger partial charge in [0.25, 0.3) is 5.91 Å². The molecule has 0 aliphatic heterocycles. The summed E-state index contributed by atoms with van der Waals surface area (Å²) in [6.45, 7) is 3.69. The van der Waals surface area contributed by atoms with Gasteiger partial charge in [0.1, 0.15) is 0 Å². The van der Waals surface area contributed by atoms with Crippen molar-refractivity contribution in [3.05, 3.63) is 35.4 Å². The third-order valence-electron chi connectivity index (χ3n) is 2.95. The van der Waals surface area contributed by atoms with Crippen LogP contribution >= 0.6 is 0 Å². The molecule has 1 aromatic rings. The number of nitrogens with two attached hydrogens (primary N) is 1. The van der Waals surface area contributed by atoms with Crippen LogP contribution in [-0.2, 0) is 11.2 Å². The predicted octanol–water partition coefficient (Wildman–Crippen LogP) is 1.03. The lowest BCUT2D eigenvalue weighted by Gasteiger charge is -2.20. The van der Waals surface area contributed by atoms with Gasteiger partial charge in [-0.25, -0.2) is 0 Å². The van der Waals surface area contributed by atoms with Crippen LogP contribution in [0.2, 0.25) is 0 Å². The minimum Gasteiger partial charge on any atom is -0.481 e. The summed E-state index contributed by atoms with van der Waals surface area (Å²) in [4.78, 5) is 23.0. The minimum absolute atomic E-state index is 0.0815. The van der Waals surface area contributed by atoms with Crippen LogP contribution in [0.25, 0.3) is 0 Å². The Morgan fingerprint density at radius 3 is 2.53 bits per heavy atom. The van der Waals surface area contributed by atoms with Crippen LogP contribution in [0.15, 0.2) is 24.3 Å². The van der Waals surface area contributed by atoms with Gasteiger partial charge in [0, 0.05) is 12.1 Å². The minimum atomic E-state index is -0.988. The summed E-state index contributed by atoms with van der Waals surface area (Å²) >= 11 is 0. The van der Waals surface area contributed by atoms with Crippen molar-refractivity contribution >= 4 is 11.9 Å². The SMILES string of the molecule is CC(C)(CNC(=O)c1ccccc1CCN)C(=O)O. The summed E-state index contributed by atoms with van der Waals surface area (Å²) in [5.74, 6) is -1.21. The molecule has 5 nitrogen and oxygen atoms in total. The highest BCUT2D eigenvalue weighted by Crippen LogP contribution is 2.14. The average molecular weight is 264 g/mol. The Morgan fingerprint density at radius 1 is 1.32 bits per heavy atom. The van der Waals surface area contributed by atoms with E-state index in [0.29, 0.717) is 18.5 Å². The molecule has 0 bridgehead atoms. The standard InChI is InChI=1S/C14H20N2O3/c1-14(2,13(18)19)9-16-12(17)11-6-4-3-5-10(11)7-8-15/h3-6H,7-9,15H2,1-2H3,(H,16,17)(H,18,19). The molecule has 1 aromatic carbocycles. The lowest BCUT2D eigenvalue weighted by molar-refractivity contribution is -0.146. The highest BCUT2D eigenvalue weighted by Gasteiger charge is 2.27. The van der Waals surface area contributed by atoms with Crippen LogP contribution in [0.3, 0.4) is 0 Å². The maximum atomic E-state index is 12.1. The Hall–Kier alpha value is -1.88. The smallest absolute Gasteiger partial charge is 0.310 e. The van der Waals surface area contributed by atoms with Gasteiger partial charge in [-0.2, -0.15) is 0 Å². The fourth-order valence-electron chi connectivity index (χ4n) is 1.59. The number of carbonyl (C=O) groups excluding carboxylic acids is 1. The monoisotopic (exact) mass is 264 g/mol. The zero-order valence-electron chi connectivity index (χ0n) is 11.3. The van der Waals surface area contributed by atoms with Crippen LogP contribution < -0.4 is 11.1 Å². The van der Waals surface area contributed by atoms with Crippen molar-refractivity contribution in [1.29, 1.82) is 0 Å². The largest absolute Gasteiger partial charge is 0.481 e. The Morgan fingerprint density at radius 2 is 1.95 bits per heavy atom. The molecule has 1 rings (SSSR count). The predicted molar refractivity (Wildman–Crippen MR) is 73.0 cm³/mol. The third kappa shape index (κ3) is 4.06. The quantitative estimate of drug-likeness (QED) is 0.715. The molecule has 0 atom stereocenters. The van der Waals surface area contributed by atoms with E-state index in [4.69, 9.17) is 10.8 Å². The van der Waals surface area contributed by atoms with Gasteiger partial charge in [0.15, 0.2) is 0 Å². The molecule has 0 aliphatic rings. The van der Waals surface area contributed by atoms with Gasteiger partial charge in [-0.15, -0.1) is 0 Å². The van der Waals surface area contributed by atoms with E-state index in [2.05, 4.69) is 5.32 Å². The third-order valence-corrected chi connectivity index (χ3v) is 2.95. The summed E-state index contributed by atoms with van der Waals surface area (Å²) in [6.07, 6.45) is 0.617. The van der Waals surface area contributed by atoms with Crippen LogP contribution in [0.5, 0.6) is 0 Å². The molecule has 0 aliphatic carbocycles. The van der Waals surface area contributed by atoms with Crippen LogP contribution in [0.1, 0.15) is 29.8 Å².